The maximum Gasteiger partial charge on any atom is 0.326 e. The number of carbonyl (C=O) groups is 1. The molecule has 0 spiro atoms. The molecule has 1 fully saturated rings. The van der Waals surface area contributed by atoms with Crippen LogP contribution in [0.25, 0.3) is 0 Å². The first-order valence-corrected chi connectivity index (χ1v) is 8.27. The lowest BCUT2D eigenvalue weighted by Gasteiger charge is -2.20. The number of imidazole rings is 1. The second-order valence-electron chi connectivity index (χ2n) is 5.20. The minimum absolute atomic E-state index is 0.132. The summed E-state index contributed by atoms with van der Waals surface area (Å²) in [5, 5.41) is 17.7. The molecule has 1 aliphatic heterocycles. The van der Waals surface area contributed by atoms with E-state index in [9.17, 15) is 9.90 Å². The van der Waals surface area contributed by atoms with Gasteiger partial charge in [0.25, 0.3) is 0 Å². The van der Waals surface area contributed by atoms with Gasteiger partial charge < -0.3 is 14.1 Å². The molecule has 1 unspecified atom stereocenters. The number of rotatable bonds is 4. The highest BCUT2D eigenvalue weighted by molar-refractivity contribution is 8.00. The molecule has 0 saturated carbocycles. The first kappa shape index (κ1) is 14.8. The molecule has 0 bridgehead atoms. The fourth-order valence-electron chi connectivity index (χ4n) is 2.50. The van der Waals surface area contributed by atoms with E-state index in [1.54, 1.807) is 41.5 Å². The summed E-state index contributed by atoms with van der Waals surface area (Å²) in [5.74, 6) is 0.667. The van der Waals surface area contributed by atoms with Gasteiger partial charge in [-0.15, -0.1) is 16.9 Å². The van der Waals surface area contributed by atoms with Crippen LogP contribution in [0, 0.1) is 0 Å². The van der Waals surface area contributed by atoms with Gasteiger partial charge in [0, 0.05) is 18.0 Å². The molecule has 122 valence electrons. The second kappa shape index (κ2) is 6.00. The van der Waals surface area contributed by atoms with E-state index in [-0.39, 0.29) is 28.8 Å². The SMILES string of the molecule is O=C1CSC(c2ccccc2O)N1c1nnc(Cn2ccnc2)o1. The van der Waals surface area contributed by atoms with Gasteiger partial charge in [-0.1, -0.05) is 23.3 Å². The number of phenols is 1. The molecule has 9 heteroatoms. The highest BCUT2D eigenvalue weighted by Crippen LogP contribution is 2.43. The van der Waals surface area contributed by atoms with Gasteiger partial charge in [0.1, 0.15) is 17.7 Å². The zero-order valence-electron chi connectivity index (χ0n) is 12.4. The Labute approximate surface area is 141 Å². The van der Waals surface area contributed by atoms with E-state index in [0.717, 1.165) is 0 Å². The number of amides is 1. The highest BCUT2D eigenvalue weighted by Gasteiger charge is 2.38. The van der Waals surface area contributed by atoms with Gasteiger partial charge in [-0.05, 0) is 6.07 Å². The zero-order chi connectivity index (χ0) is 16.5. The minimum Gasteiger partial charge on any atom is -0.508 e. The van der Waals surface area contributed by atoms with Crippen molar-refractivity contribution in [2.24, 2.45) is 0 Å². The average molecular weight is 343 g/mol. The summed E-state index contributed by atoms with van der Waals surface area (Å²) in [7, 11) is 0. The number of thioether (sulfide) groups is 1. The monoisotopic (exact) mass is 343 g/mol. The van der Waals surface area contributed by atoms with Gasteiger partial charge in [-0.25, -0.2) is 9.88 Å². The molecule has 4 rings (SSSR count). The van der Waals surface area contributed by atoms with Crippen molar-refractivity contribution >= 4 is 23.7 Å². The van der Waals surface area contributed by atoms with Crippen molar-refractivity contribution in [2.75, 3.05) is 10.7 Å². The van der Waals surface area contributed by atoms with Crippen LogP contribution in [0.5, 0.6) is 5.75 Å². The molecule has 1 aromatic carbocycles. The molecule has 2 aromatic heterocycles. The quantitative estimate of drug-likeness (QED) is 0.771. The van der Waals surface area contributed by atoms with Gasteiger partial charge in [0.15, 0.2) is 0 Å². The lowest BCUT2D eigenvalue weighted by molar-refractivity contribution is -0.116. The number of phenolic OH excluding ortho intramolecular Hbond substituents is 1. The van der Waals surface area contributed by atoms with Crippen molar-refractivity contribution in [3.63, 3.8) is 0 Å². The number of carbonyl (C=O) groups excluding carboxylic acids is 1. The van der Waals surface area contributed by atoms with E-state index in [0.29, 0.717) is 18.0 Å². The lowest BCUT2D eigenvalue weighted by Crippen LogP contribution is -2.28. The number of anilines is 1. The van der Waals surface area contributed by atoms with Crippen molar-refractivity contribution in [2.45, 2.75) is 11.9 Å². The molecule has 1 atom stereocenters. The van der Waals surface area contributed by atoms with Gasteiger partial charge in [-0.2, -0.15) is 0 Å². The number of aromatic nitrogens is 4. The molecule has 1 amide bonds. The third-order valence-corrected chi connectivity index (χ3v) is 4.80. The summed E-state index contributed by atoms with van der Waals surface area (Å²) in [6.07, 6.45) is 5.09. The van der Waals surface area contributed by atoms with Crippen LogP contribution in [0.3, 0.4) is 0 Å². The number of hydrogen-bond donors (Lipinski definition) is 1. The maximum atomic E-state index is 12.3. The van der Waals surface area contributed by atoms with Crippen LogP contribution in [-0.4, -0.2) is 36.5 Å². The Morgan fingerprint density at radius 1 is 1.33 bits per heavy atom. The van der Waals surface area contributed by atoms with Crippen molar-refractivity contribution in [1.29, 1.82) is 0 Å². The molecule has 24 heavy (non-hydrogen) atoms. The van der Waals surface area contributed by atoms with Gasteiger partial charge in [0.2, 0.25) is 11.8 Å². The fourth-order valence-corrected chi connectivity index (χ4v) is 3.67. The number of para-hydroxylation sites is 1. The molecular weight excluding hydrogens is 330 g/mol. The molecule has 1 N–H and O–H groups in total. The Kier molecular flexibility index (Phi) is 3.69. The first-order valence-electron chi connectivity index (χ1n) is 7.22. The maximum absolute atomic E-state index is 12.3. The standard InChI is InChI=1S/C15H13N5O3S/c21-11-4-2-1-3-10(11)14-20(13(22)8-24-14)15-18-17-12(23-15)7-19-6-5-16-9-19/h1-6,9,14,21H,7-8H2. The Bertz CT molecular complexity index is 864. The molecule has 8 nitrogen and oxygen atoms in total. The number of benzene rings is 1. The second-order valence-corrected chi connectivity index (χ2v) is 6.27. The van der Waals surface area contributed by atoms with Gasteiger partial charge in [0.05, 0.1) is 12.1 Å². The lowest BCUT2D eigenvalue weighted by atomic mass is 10.2. The summed E-state index contributed by atoms with van der Waals surface area (Å²) in [5.41, 5.74) is 0.641. The predicted molar refractivity (Wildman–Crippen MR) is 86.4 cm³/mol. The van der Waals surface area contributed by atoms with Gasteiger partial charge in [-0.3, -0.25) is 4.79 Å². The van der Waals surface area contributed by atoms with Crippen LogP contribution in [0.4, 0.5) is 6.01 Å². The Morgan fingerprint density at radius 3 is 3.00 bits per heavy atom. The summed E-state index contributed by atoms with van der Waals surface area (Å²) in [6, 6.07) is 7.06. The van der Waals surface area contributed by atoms with E-state index in [2.05, 4.69) is 15.2 Å². The number of aromatic hydroxyl groups is 1. The van der Waals surface area contributed by atoms with E-state index in [1.165, 1.54) is 16.7 Å². The smallest absolute Gasteiger partial charge is 0.326 e. The van der Waals surface area contributed by atoms with Crippen molar-refractivity contribution < 1.29 is 14.3 Å². The largest absolute Gasteiger partial charge is 0.508 e. The highest BCUT2D eigenvalue weighted by atomic mass is 32.2. The van der Waals surface area contributed by atoms with Crippen molar-refractivity contribution in [1.82, 2.24) is 19.7 Å². The predicted octanol–water partition coefficient (Wildman–Crippen LogP) is 1.80. The Hall–Kier alpha value is -2.81. The summed E-state index contributed by atoms with van der Waals surface area (Å²) in [6.45, 7) is 0.378. The molecule has 1 saturated heterocycles. The summed E-state index contributed by atoms with van der Waals surface area (Å²) < 4.78 is 7.43. The van der Waals surface area contributed by atoms with Crippen molar-refractivity contribution in [3.05, 3.63) is 54.4 Å². The van der Waals surface area contributed by atoms with Crippen LogP contribution in [0.1, 0.15) is 16.8 Å². The number of nitrogens with zero attached hydrogens (tertiary/aromatic N) is 5. The molecule has 1 aliphatic rings. The van der Waals surface area contributed by atoms with Crippen LogP contribution in [0.2, 0.25) is 0 Å². The third kappa shape index (κ3) is 2.62. The normalized spacial score (nSPS) is 17.6. The summed E-state index contributed by atoms with van der Waals surface area (Å²) in [4.78, 5) is 17.7. The minimum atomic E-state index is -0.389. The van der Waals surface area contributed by atoms with E-state index >= 15 is 0 Å². The molecule has 0 radical (unpaired) electrons. The van der Waals surface area contributed by atoms with Crippen LogP contribution < -0.4 is 4.90 Å². The zero-order valence-corrected chi connectivity index (χ0v) is 13.3. The molecule has 3 aromatic rings. The first-order chi connectivity index (χ1) is 11.7. The van der Waals surface area contributed by atoms with Crippen molar-refractivity contribution in [3.8, 4) is 5.75 Å². The van der Waals surface area contributed by atoms with Crippen LogP contribution in [0.15, 0.2) is 47.4 Å². The van der Waals surface area contributed by atoms with Crippen LogP contribution >= 0.6 is 11.8 Å². The molecule has 0 aliphatic carbocycles. The van der Waals surface area contributed by atoms with E-state index in [1.807, 2.05) is 6.07 Å². The van der Waals surface area contributed by atoms with E-state index in [4.69, 9.17) is 4.42 Å². The van der Waals surface area contributed by atoms with E-state index < -0.39 is 0 Å². The Morgan fingerprint density at radius 2 is 2.21 bits per heavy atom. The number of hydrogen-bond acceptors (Lipinski definition) is 7. The Balaban J connectivity index is 1.63. The third-order valence-electron chi connectivity index (χ3n) is 3.61. The topological polar surface area (TPSA) is 97.3 Å². The fraction of sp³-hybridized carbons (Fsp3) is 0.200. The summed E-state index contributed by atoms with van der Waals surface area (Å²) >= 11 is 1.41. The van der Waals surface area contributed by atoms with Gasteiger partial charge >= 0.3 is 6.01 Å². The molecule has 3 heterocycles. The molecular formula is C15H13N5O3S. The average Bonchev–Trinajstić information content (AvgIpc) is 3.30. The van der Waals surface area contributed by atoms with Crippen LogP contribution in [-0.2, 0) is 11.3 Å².